The molecule has 0 aliphatic carbocycles. The number of hydrogen-bond donors (Lipinski definition) is 2. The largest absolute Gasteiger partial charge is 0.481 e. The van der Waals surface area contributed by atoms with Gasteiger partial charge in [-0.1, -0.05) is 36.4 Å². The van der Waals surface area contributed by atoms with E-state index in [-0.39, 0.29) is 6.42 Å². The van der Waals surface area contributed by atoms with Gasteiger partial charge in [-0.25, -0.2) is 4.79 Å². The number of aromatic nitrogens is 1. The Morgan fingerprint density at radius 2 is 1.92 bits per heavy atom. The number of H-pyrrole nitrogens is 1. The quantitative estimate of drug-likeness (QED) is 0.551. The zero-order chi connectivity index (χ0) is 17.8. The van der Waals surface area contributed by atoms with Gasteiger partial charge in [0, 0.05) is 23.2 Å². The van der Waals surface area contributed by atoms with Crippen LogP contribution in [0.15, 0.2) is 54.7 Å². The van der Waals surface area contributed by atoms with Gasteiger partial charge in [-0.2, -0.15) is 0 Å². The van der Waals surface area contributed by atoms with Crippen LogP contribution >= 0.6 is 0 Å². The average molecular weight is 335 g/mol. The fraction of sp³-hybridized carbons (Fsp3) is 0.100. The zero-order valence-electron chi connectivity index (χ0n) is 13.7. The van der Waals surface area contributed by atoms with E-state index in [1.54, 1.807) is 12.3 Å². The Bertz CT molecular complexity index is 951. The Balaban J connectivity index is 1.99. The summed E-state index contributed by atoms with van der Waals surface area (Å²) in [6.07, 6.45) is 4.77. The van der Waals surface area contributed by atoms with Gasteiger partial charge in [0.15, 0.2) is 0 Å². The number of benzene rings is 2. The number of aliphatic carboxylic acids is 1. The van der Waals surface area contributed by atoms with Gasteiger partial charge in [0.2, 0.25) is 0 Å². The van der Waals surface area contributed by atoms with Crippen molar-refractivity contribution < 1.29 is 19.4 Å². The van der Waals surface area contributed by atoms with E-state index in [1.165, 1.54) is 13.2 Å². The van der Waals surface area contributed by atoms with Crippen LogP contribution in [-0.2, 0) is 20.7 Å². The predicted octanol–water partition coefficient (Wildman–Crippen LogP) is 3.65. The minimum absolute atomic E-state index is 0.0308. The van der Waals surface area contributed by atoms with E-state index in [0.29, 0.717) is 0 Å². The first-order valence-electron chi connectivity index (χ1n) is 7.75. The summed E-state index contributed by atoms with van der Waals surface area (Å²) in [6, 6.07) is 13.5. The number of fused-ring (bicyclic) bond motifs is 1. The summed E-state index contributed by atoms with van der Waals surface area (Å²) < 4.78 is 4.57. The van der Waals surface area contributed by atoms with Gasteiger partial charge in [0.05, 0.1) is 13.5 Å². The average Bonchev–Trinajstić information content (AvgIpc) is 3.02. The first kappa shape index (κ1) is 16.5. The smallest absolute Gasteiger partial charge is 0.330 e. The number of ether oxygens (including phenoxy) is 1. The van der Waals surface area contributed by atoms with Crippen molar-refractivity contribution >= 4 is 28.9 Å². The fourth-order valence-electron chi connectivity index (χ4n) is 2.80. The number of aromatic amines is 1. The number of carbonyl (C=O) groups excluding carboxylic acids is 1. The summed E-state index contributed by atoms with van der Waals surface area (Å²) >= 11 is 0. The molecule has 25 heavy (non-hydrogen) atoms. The third kappa shape index (κ3) is 3.61. The van der Waals surface area contributed by atoms with E-state index >= 15 is 0 Å². The molecule has 0 spiro atoms. The van der Waals surface area contributed by atoms with Crippen LogP contribution in [0, 0.1) is 0 Å². The number of rotatable bonds is 5. The second-order valence-corrected chi connectivity index (χ2v) is 5.59. The molecule has 3 rings (SSSR count). The molecule has 0 saturated carbocycles. The van der Waals surface area contributed by atoms with Gasteiger partial charge < -0.3 is 14.8 Å². The second kappa shape index (κ2) is 7.05. The molecule has 0 aliphatic rings. The van der Waals surface area contributed by atoms with Crippen LogP contribution in [0.1, 0.15) is 11.1 Å². The van der Waals surface area contributed by atoms with Crippen molar-refractivity contribution in [1.82, 2.24) is 4.98 Å². The van der Waals surface area contributed by atoms with Crippen molar-refractivity contribution in [1.29, 1.82) is 0 Å². The van der Waals surface area contributed by atoms with E-state index in [2.05, 4.69) is 9.72 Å². The van der Waals surface area contributed by atoms with Crippen LogP contribution in [0.4, 0.5) is 0 Å². The summed E-state index contributed by atoms with van der Waals surface area (Å²) in [6.45, 7) is 0. The Labute approximate surface area is 144 Å². The van der Waals surface area contributed by atoms with E-state index in [1.807, 2.05) is 42.5 Å². The molecule has 2 aromatic carbocycles. The SMILES string of the molecule is COC(=O)C=Cc1ccc(-c2cccc3[nH]cc(CC(=O)O)c23)cc1. The zero-order valence-corrected chi connectivity index (χ0v) is 13.7. The standard InChI is InChI=1S/C20H17NO4/c1-25-19(24)10-7-13-5-8-14(9-6-13)16-3-2-4-17-20(16)15(12-21-17)11-18(22)23/h2-10,12,21H,11H2,1H3,(H,22,23). The number of carbonyl (C=O) groups is 2. The van der Waals surface area contributed by atoms with Crippen LogP contribution < -0.4 is 0 Å². The molecule has 2 N–H and O–H groups in total. The maximum atomic E-state index is 11.2. The molecule has 0 fully saturated rings. The van der Waals surface area contributed by atoms with Crippen LogP contribution in [0.25, 0.3) is 28.1 Å². The van der Waals surface area contributed by atoms with Crippen LogP contribution in [0.5, 0.6) is 0 Å². The number of carboxylic acids is 1. The maximum absolute atomic E-state index is 11.2. The third-order valence-corrected chi connectivity index (χ3v) is 3.96. The summed E-state index contributed by atoms with van der Waals surface area (Å²) in [4.78, 5) is 25.4. The minimum Gasteiger partial charge on any atom is -0.481 e. The third-order valence-electron chi connectivity index (χ3n) is 3.96. The van der Waals surface area contributed by atoms with Crippen molar-refractivity contribution in [2.45, 2.75) is 6.42 Å². The van der Waals surface area contributed by atoms with Gasteiger partial charge in [-0.05, 0) is 34.4 Å². The highest BCUT2D eigenvalue weighted by Gasteiger charge is 2.12. The predicted molar refractivity (Wildman–Crippen MR) is 96.1 cm³/mol. The molecule has 0 bridgehead atoms. The van der Waals surface area contributed by atoms with Crippen molar-refractivity contribution in [3.8, 4) is 11.1 Å². The van der Waals surface area contributed by atoms with Crippen molar-refractivity contribution in [3.63, 3.8) is 0 Å². The monoisotopic (exact) mass is 335 g/mol. The summed E-state index contributed by atoms with van der Waals surface area (Å²) in [7, 11) is 1.34. The Morgan fingerprint density at radius 1 is 1.16 bits per heavy atom. The lowest BCUT2D eigenvalue weighted by Crippen LogP contribution is -1.99. The molecule has 5 heteroatoms. The number of esters is 1. The molecular weight excluding hydrogens is 318 g/mol. The lowest BCUT2D eigenvalue weighted by Gasteiger charge is -2.06. The number of hydrogen-bond acceptors (Lipinski definition) is 3. The highest BCUT2D eigenvalue weighted by atomic mass is 16.5. The molecule has 5 nitrogen and oxygen atoms in total. The van der Waals surface area contributed by atoms with Gasteiger partial charge in [0.1, 0.15) is 0 Å². The number of methoxy groups -OCH3 is 1. The first-order chi connectivity index (χ1) is 12.1. The highest BCUT2D eigenvalue weighted by molar-refractivity contribution is 5.99. The highest BCUT2D eigenvalue weighted by Crippen LogP contribution is 2.31. The topological polar surface area (TPSA) is 79.4 Å². The van der Waals surface area contributed by atoms with Gasteiger partial charge in [-0.15, -0.1) is 0 Å². The Hall–Kier alpha value is -3.34. The second-order valence-electron chi connectivity index (χ2n) is 5.59. The maximum Gasteiger partial charge on any atom is 0.330 e. The molecule has 126 valence electrons. The molecule has 0 unspecified atom stereocenters. The Morgan fingerprint density at radius 3 is 2.60 bits per heavy atom. The van der Waals surface area contributed by atoms with Gasteiger partial charge in [-0.3, -0.25) is 4.79 Å². The number of nitrogens with one attached hydrogen (secondary N) is 1. The summed E-state index contributed by atoms with van der Waals surface area (Å²) in [5, 5.41) is 10.0. The summed E-state index contributed by atoms with van der Waals surface area (Å²) in [5.41, 5.74) is 4.49. The van der Waals surface area contributed by atoms with Gasteiger partial charge in [0.25, 0.3) is 0 Å². The van der Waals surface area contributed by atoms with Crippen molar-refractivity contribution in [2.24, 2.45) is 0 Å². The van der Waals surface area contributed by atoms with Gasteiger partial charge >= 0.3 is 11.9 Å². The lowest BCUT2D eigenvalue weighted by molar-refractivity contribution is -0.136. The van der Waals surface area contributed by atoms with E-state index in [0.717, 1.165) is 33.2 Å². The Kier molecular flexibility index (Phi) is 4.66. The van der Waals surface area contributed by atoms with E-state index in [9.17, 15) is 9.59 Å². The molecule has 0 saturated heterocycles. The lowest BCUT2D eigenvalue weighted by atomic mass is 9.97. The molecular formula is C20H17NO4. The normalized spacial score (nSPS) is 11.1. The minimum atomic E-state index is -0.862. The first-order valence-corrected chi connectivity index (χ1v) is 7.75. The molecule has 0 atom stereocenters. The van der Waals surface area contributed by atoms with Crippen molar-refractivity contribution in [2.75, 3.05) is 7.11 Å². The van der Waals surface area contributed by atoms with Crippen LogP contribution in [-0.4, -0.2) is 29.1 Å². The molecule has 1 heterocycles. The molecule has 0 aliphatic heterocycles. The summed E-state index contributed by atoms with van der Waals surface area (Å²) in [5.74, 6) is -1.27. The molecule has 0 amide bonds. The van der Waals surface area contributed by atoms with E-state index < -0.39 is 11.9 Å². The number of carboxylic acid groups (broad SMARTS) is 1. The molecule has 1 aromatic heterocycles. The fourth-order valence-corrected chi connectivity index (χ4v) is 2.80. The van der Waals surface area contributed by atoms with Crippen LogP contribution in [0.3, 0.4) is 0 Å². The van der Waals surface area contributed by atoms with Crippen molar-refractivity contribution in [3.05, 3.63) is 65.9 Å². The molecule has 0 radical (unpaired) electrons. The van der Waals surface area contributed by atoms with E-state index in [4.69, 9.17) is 5.11 Å². The molecule has 3 aromatic rings. The van der Waals surface area contributed by atoms with Crippen LogP contribution in [0.2, 0.25) is 0 Å².